The molecule has 1 aromatic heterocycles. The fraction of sp³-hybridized carbons (Fsp3) is 0.700. The van der Waals surface area contributed by atoms with Gasteiger partial charge in [-0.3, -0.25) is 9.78 Å². The predicted octanol–water partition coefficient (Wildman–Crippen LogP) is 1.34. The van der Waals surface area contributed by atoms with Gasteiger partial charge in [0.25, 0.3) is 5.91 Å². The average molecular weight is 358 g/mol. The Morgan fingerprint density at radius 1 is 1.23 bits per heavy atom. The first-order valence-corrected chi connectivity index (χ1v) is 9.88. The fourth-order valence-electron chi connectivity index (χ4n) is 4.68. The van der Waals surface area contributed by atoms with Crippen LogP contribution in [0.5, 0.6) is 0 Å². The fourth-order valence-corrected chi connectivity index (χ4v) is 4.68. The molecule has 0 aliphatic carbocycles. The van der Waals surface area contributed by atoms with Crippen molar-refractivity contribution in [3.63, 3.8) is 0 Å². The molecular weight excluding hydrogens is 328 g/mol. The van der Waals surface area contributed by atoms with E-state index < -0.39 is 0 Å². The van der Waals surface area contributed by atoms with E-state index in [9.17, 15) is 4.79 Å². The first kappa shape index (κ1) is 17.9. The predicted molar refractivity (Wildman–Crippen MR) is 100 cm³/mol. The van der Waals surface area contributed by atoms with Crippen molar-refractivity contribution in [2.75, 3.05) is 59.5 Å². The Kier molecular flexibility index (Phi) is 5.25. The van der Waals surface area contributed by atoms with Gasteiger partial charge in [0.2, 0.25) is 0 Å². The Bertz CT molecular complexity index is 617. The van der Waals surface area contributed by atoms with Crippen molar-refractivity contribution in [2.45, 2.75) is 24.9 Å². The molecule has 1 aromatic rings. The third kappa shape index (κ3) is 3.92. The van der Waals surface area contributed by atoms with E-state index in [1.54, 1.807) is 24.5 Å². The zero-order valence-corrected chi connectivity index (χ0v) is 15.8. The minimum absolute atomic E-state index is 0.109. The highest BCUT2D eigenvalue weighted by Gasteiger charge is 2.44. The molecule has 3 aliphatic heterocycles. The van der Waals surface area contributed by atoms with Gasteiger partial charge in [0.1, 0.15) is 0 Å². The monoisotopic (exact) mass is 358 g/mol. The summed E-state index contributed by atoms with van der Waals surface area (Å²) in [5.41, 5.74) is 0.599. The average Bonchev–Trinajstić information content (AvgIpc) is 3.05. The zero-order valence-electron chi connectivity index (χ0n) is 15.8. The maximum atomic E-state index is 12.8. The molecule has 4 rings (SSSR count). The minimum atomic E-state index is -0.127. The van der Waals surface area contributed by atoms with Gasteiger partial charge < -0.3 is 19.4 Å². The third-order valence-electron chi connectivity index (χ3n) is 6.15. The topological polar surface area (TPSA) is 48.9 Å². The van der Waals surface area contributed by atoms with Crippen LogP contribution in [-0.2, 0) is 4.74 Å². The summed E-state index contributed by atoms with van der Waals surface area (Å²) in [6.45, 7) is 8.17. The van der Waals surface area contributed by atoms with Crippen LogP contribution in [0.25, 0.3) is 0 Å². The van der Waals surface area contributed by atoms with Crippen LogP contribution in [0.15, 0.2) is 24.5 Å². The highest BCUT2D eigenvalue weighted by atomic mass is 16.5. The van der Waals surface area contributed by atoms with Crippen LogP contribution in [0, 0.1) is 5.92 Å². The molecule has 0 aromatic carbocycles. The summed E-state index contributed by atoms with van der Waals surface area (Å²) in [7, 11) is 2.20. The highest BCUT2D eigenvalue weighted by Crippen LogP contribution is 2.38. The van der Waals surface area contributed by atoms with Crippen molar-refractivity contribution in [3.05, 3.63) is 30.1 Å². The number of piperazine rings is 1. The summed E-state index contributed by atoms with van der Waals surface area (Å²) in [6, 6.07) is 3.60. The summed E-state index contributed by atoms with van der Waals surface area (Å²) >= 11 is 0. The number of rotatable bonds is 3. The second kappa shape index (κ2) is 7.62. The SMILES string of the molecule is CN1CCN(CC2COC3(CCCN(C(=O)c4ccncc4)C3)C2)CC1. The van der Waals surface area contributed by atoms with Crippen molar-refractivity contribution in [1.82, 2.24) is 19.7 Å². The smallest absolute Gasteiger partial charge is 0.254 e. The molecule has 1 amide bonds. The van der Waals surface area contributed by atoms with Crippen LogP contribution in [0.4, 0.5) is 0 Å². The molecule has 3 aliphatic rings. The summed E-state index contributed by atoms with van der Waals surface area (Å²) < 4.78 is 6.33. The lowest BCUT2D eigenvalue weighted by atomic mass is 9.86. The van der Waals surface area contributed by atoms with Gasteiger partial charge in [-0.15, -0.1) is 0 Å². The summed E-state index contributed by atoms with van der Waals surface area (Å²) in [6.07, 6.45) is 6.56. The molecule has 0 N–H and O–H groups in total. The lowest BCUT2D eigenvalue weighted by Gasteiger charge is -2.40. The molecule has 4 heterocycles. The van der Waals surface area contributed by atoms with Crippen molar-refractivity contribution in [3.8, 4) is 0 Å². The first-order valence-electron chi connectivity index (χ1n) is 9.88. The molecule has 3 saturated heterocycles. The van der Waals surface area contributed by atoms with Crippen LogP contribution in [0.2, 0.25) is 0 Å². The van der Waals surface area contributed by atoms with Crippen LogP contribution in [0.1, 0.15) is 29.6 Å². The number of carbonyl (C=O) groups excluding carboxylic acids is 1. The van der Waals surface area contributed by atoms with Gasteiger partial charge in [-0.05, 0) is 44.4 Å². The molecule has 1 spiro atoms. The Morgan fingerprint density at radius 3 is 2.77 bits per heavy atom. The number of pyridine rings is 1. The van der Waals surface area contributed by atoms with Crippen molar-refractivity contribution < 1.29 is 9.53 Å². The number of hydrogen-bond donors (Lipinski definition) is 0. The van der Waals surface area contributed by atoms with E-state index in [0.717, 1.165) is 77.2 Å². The van der Waals surface area contributed by atoms with E-state index in [1.807, 2.05) is 4.90 Å². The summed E-state index contributed by atoms with van der Waals surface area (Å²) in [5.74, 6) is 0.701. The standard InChI is InChI=1S/C20H30N4O2/c1-22-9-11-23(12-10-22)14-17-13-20(26-15-17)5-2-8-24(16-20)19(25)18-3-6-21-7-4-18/h3-4,6-7,17H,2,5,8-16H2,1H3. The molecule has 142 valence electrons. The molecule has 3 fully saturated rings. The molecular formula is C20H30N4O2. The van der Waals surface area contributed by atoms with Crippen LogP contribution < -0.4 is 0 Å². The van der Waals surface area contributed by atoms with Crippen LogP contribution in [-0.4, -0.2) is 90.7 Å². The second-order valence-corrected chi connectivity index (χ2v) is 8.23. The van der Waals surface area contributed by atoms with Gasteiger partial charge in [0.05, 0.1) is 12.2 Å². The van der Waals surface area contributed by atoms with Gasteiger partial charge in [-0.2, -0.15) is 0 Å². The Hall–Kier alpha value is -1.50. The Morgan fingerprint density at radius 2 is 2.00 bits per heavy atom. The van der Waals surface area contributed by atoms with Gasteiger partial charge in [-0.1, -0.05) is 0 Å². The number of hydrogen-bond acceptors (Lipinski definition) is 5. The maximum absolute atomic E-state index is 12.8. The largest absolute Gasteiger partial charge is 0.373 e. The number of piperidine rings is 1. The number of carbonyl (C=O) groups is 1. The van der Waals surface area contributed by atoms with Crippen LogP contribution in [0.3, 0.4) is 0 Å². The van der Waals surface area contributed by atoms with Crippen molar-refractivity contribution in [1.29, 1.82) is 0 Å². The molecule has 26 heavy (non-hydrogen) atoms. The molecule has 0 saturated carbocycles. The Balaban J connectivity index is 1.34. The van der Waals surface area contributed by atoms with E-state index in [2.05, 4.69) is 21.8 Å². The summed E-state index contributed by atoms with van der Waals surface area (Å²) in [5, 5.41) is 0. The lowest BCUT2D eigenvalue weighted by molar-refractivity contribution is -0.0450. The van der Waals surface area contributed by atoms with E-state index in [1.165, 1.54) is 0 Å². The zero-order chi connectivity index (χ0) is 18.0. The molecule has 2 unspecified atom stereocenters. The minimum Gasteiger partial charge on any atom is -0.373 e. The van der Waals surface area contributed by atoms with Crippen molar-refractivity contribution >= 4 is 5.91 Å². The van der Waals surface area contributed by atoms with Gasteiger partial charge >= 0.3 is 0 Å². The Labute approximate surface area is 156 Å². The van der Waals surface area contributed by atoms with Crippen LogP contribution >= 0.6 is 0 Å². The van der Waals surface area contributed by atoms with Gasteiger partial charge in [-0.25, -0.2) is 0 Å². The molecule has 0 bridgehead atoms. The normalized spacial score (nSPS) is 30.8. The molecule has 6 heteroatoms. The number of ether oxygens (including phenoxy) is 1. The maximum Gasteiger partial charge on any atom is 0.254 e. The van der Waals surface area contributed by atoms with Gasteiger partial charge in [0, 0.05) is 63.8 Å². The number of amides is 1. The molecule has 6 nitrogen and oxygen atoms in total. The van der Waals surface area contributed by atoms with E-state index in [-0.39, 0.29) is 11.5 Å². The molecule has 0 radical (unpaired) electrons. The number of likely N-dealkylation sites (N-methyl/N-ethyl adjacent to an activating group) is 1. The van der Waals surface area contributed by atoms with E-state index >= 15 is 0 Å². The quantitative estimate of drug-likeness (QED) is 0.816. The lowest BCUT2D eigenvalue weighted by Crippen LogP contribution is -2.50. The highest BCUT2D eigenvalue weighted by molar-refractivity contribution is 5.94. The second-order valence-electron chi connectivity index (χ2n) is 8.23. The molecule has 2 atom stereocenters. The van der Waals surface area contributed by atoms with E-state index in [0.29, 0.717) is 5.92 Å². The number of aromatic nitrogens is 1. The summed E-state index contributed by atoms with van der Waals surface area (Å²) in [4.78, 5) is 23.8. The third-order valence-corrected chi connectivity index (χ3v) is 6.15. The van der Waals surface area contributed by atoms with E-state index in [4.69, 9.17) is 4.74 Å². The van der Waals surface area contributed by atoms with Gasteiger partial charge in [0.15, 0.2) is 0 Å². The first-order chi connectivity index (χ1) is 12.6. The number of likely N-dealkylation sites (tertiary alicyclic amines) is 1. The van der Waals surface area contributed by atoms with Crippen molar-refractivity contribution in [2.24, 2.45) is 5.92 Å². The number of nitrogens with zero attached hydrogens (tertiary/aromatic N) is 4.